The van der Waals surface area contributed by atoms with E-state index in [0.717, 1.165) is 117 Å². The molecule has 0 spiro atoms. The van der Waals surface area contributed by atoms with Gasteiger partial charge in [0.2, 0.25) is 11.8 Å². The van der Waals surface area contributed by atoms with Crippen LogP contribution in [0.4, 0.5) is 16.0 Å². The van der Waals surface area contributed by atoms with Gasteiger partial charge in [0.05, 0.1) is 35.3 Å². The fraction of sp³-hybridized carbons (Fsp3) is 0.366. The molecule has 2 amide bonds. The number of aromatic nitrogens is 6. The number of benzene rings is 2. The summed E-state index contributed by atoms with van der Waals surface area (Å²) in [4.78, 5) is 45.7. The number of halogens is 1. The molecule has 276 valence electrons. The van der Waals surface area contributed by atoms with Crippen molar-refractivity contribution in [2.75, 3.05) is 49.1 Å². The molecule has 3 aliphatic heterocycles. The van der Waals surface area contributed by atoms with Crippen molar-refractivity contribution in [2.24, 2.45) is 0 Å². The van der Waals surface area contributed by atoms with Crippen LogP contribution in [0.3, 0.4) is 0 Å². The molecule has 3 aliphatic rings. The first kappa shape index (κ1) is 34.1. The van der Waals surface area contributed by atoms with E-state index in [1.165, 1.54) is 11.6 Å². The minimum Gasteiger partial charge on any atom is -0.354 e. The molecule has 9 rings (SSSR count). The number of pyridine rings is 1. The summed E-state index contributed by atoms with van der Waals surface area (Å²) in [6, 6.07) is 22.9. The number of nitrogens with one attached hydrogen (secondary N) is 1. The van der Waals surface area contributed by atoms with Gasteiger partial charge in [-0.15, -0.1) is 5.10 Å². The van der Waals surface area contributed by atoms with Crippen molar-refractivity contribution in [2.45, 2.75) is 57.0 Å². The van der Waals surface area contributed by atoms with Crippen molar-refractivity contribution in [3.8, 4) is 11.4 Å². The lowest BCUT2D eigenvalue weighted by molar-refractivity contribution is -0.135. The molecule has 54 heavy (non-hydrogen) atoms. The highest BCUT2D eigenvalue weighted by Crippen LogP contribution is 2.36. The number of unbranched alkanes of at least 4 members (excludes halogenated alkanes) is 1. The average Bonchev–Trinajstić information content (AvgIpc) is 3.96. The highest BCUT2D eigenvalue weighted by molar-refractivity contribution is 6.00. The van der Waals surface area contributed by atoms with Crippen molar-refractivity contribution in [1.29, 1.82) is 0 Å². The maximum absolute atomic E-state index is 14.1. The average molecular weight is 727 g/mol. The first-order valence-corrected chi connectivity index (χ1v) is 19.1. The Hall–Kier alpha value is -5.69. The van der Waals surface area contributed by atoms with E-state index in [-0.39, 0.29) is 23.7 Å². The third-order valence-corrected chi connectivity index (χ3v) is 11.2. The van der Waals surface area contributed by atoms with E-state index < -0.39 is 6.04 Å². The van der Waals surface area contributed by atoms with Crippen molar-refractivity contribution in [3.05, 3.63) is 102 Å². The fourth-order valence-electron chi connectivity index (χ4n) is 8.40. The van der Waals surface area contributed by atoms with Crippen LogP contribution in [0.1, 0.15) is 61.7 Å². The van der Waals surface area contributed by atoms with Gasteiger partial charge in [-0.05, 0) is 98.7 Å². The second kappa shape index (κ2) is 14.6. The Morgan fingerprint density at radius 1 is 0.833 bits per heavy atom. The van der Waals surface area contributed by atoms with E-state index in [1.807, 2.05) is 51.7 Å². The largest absolute Gasteiger partial charge is 0.354 e. The number of imide groups is 1. The number of rotatable bonds is 10. The van der Waals surface area contributed by atoms with Gasteiger partial charge >= 0.3 is 0 Å². The molecule has 0 radical (unpaired) electrons. The number of imidazole rings is 2. The molecule has 6 aromatic rings. The number of carbonyl (C=O) groups is 2. The summed E-state index contributed by atoms with van der Waals surface area (Å²) >= 11 is 0. The lowest BCUT2D eigenvalue weighted by atomic mass is 10.0. The molecule has 0 saturated carbocycles. The number of piperidine rings is 1. The Bertz CT molecular complexity index is 2330. The lowest BCUT2D eigenvalue weighted by Crippen LogP contribution is -2.46. The predicted octanol–water partition coefficient (Wildman–Crippen LogP) is 5.74. The maximum Gasteiger partial charge on any atom is 0.249 e. The molecule has 1 N–H and O–H groups in total. The topological polar surface area (TPSA) is 117 Å². The maximum atomic E-state index is 14.1. The van der Waals surface area contributed by atoms with E-state index in [1.54, 1.807) is 18.5 Å². The van der Waals surface area contributed by atoms with Crippen LogP contribution in [0, 0.1) is 5.82 Å². The van der Waals surface area contributed by atoms with Crippen LogP contribution < -0.4 is 15.1 Å². The smallest absolute Gasteiger partial charge is 0.249 e. The molecule has 3 fully saturated rings. The number of hydrogen-bond acceptors (Lipinski definition) is 9. The molecule has 7 heterocycles. The van der Waals surface area contributed by atoms with Gasteiger partial charge in [-0.2, -0.15) is 0 Å². The molecule has 0 aliphatic carbocycles. The highest BCUT2D eigenvalue weighted by Gasteiger charge is 2.30. The fourth-order valence-corrected chi connectivity index (χ4v) is 8.40. The molecule has 2 unspecified atom stereocenters. The van der Waals surface area contributed by atoms with E-state index in [0.29, 0.717) is 12.8 Å². The third kappa shape index (κ3) is 6.68. The predicted molar refractivity (Wildman–Crippen MR) is 205 cm³/mol. The molecule has 2 atom stereocenters. The summed E-state index contributed by atoms with van der Waals surface area (Å²) in [6.07, 6.45) is 9.45. The monoisotopic (exact) mass is 726 g/mol. The number of piperazine rings is 1. The van der Waals surface area contributed by atoms with Gasteiger partial charge in [0.15, 0.2) is 5.65 Å². The normalized spacial score (nSPS) is 19.6. The molecule has 2 aromatic carbocycles. The third-order valence-electron chi connectivity index (χ3n) is 11.2. The van der Waals surface area contributed by atoms with Gasteiger partial charge in [0, 0.05) is 39.1 Å². The van der Waals surface area contributed by atoms with Crippen molar-refractivity contribution >= 4 is 40.1 Å². The van der Waals surface area contributed by atoms with Gasteiger partial charge in [-0.25, -0.2) is 23.9 Å². The number of anilines is 2. The molecule has 0 bridgehead atoms. The van der Waals surface area contributed by atoms with Gasteiger partial charge in [-0.1, -0.05) is 30.3 Å². The summed E-state index contributed by atoms with van der Waals surface area (Å²) in [5, 5.41) is 7.50. The van der Waals surface area contributed by atoms with Crippen LogP contribution in [0.5, 0.6) is 0 Å². The summed E-state index contributed by atoms with van der Waals surface area (Å²) in [6.45, 7) is 5.65. The minimum atomic E-state index is -0.404. The number of carbonyl (C=O) groups excluding carboxylic acids is 2. The molecule has 12 nitrogen and oxygen atoms in total. The van der Waals surface area contributed by atoms with Gasteiger partial charge in [-0.3, -0.25) is 19.8 Å². The van der Waals surface area contributed by atoms with E-state index in [9.17, 15) is 14.0 Å². The van der Waals surface area contributed by atoms with Crippen LogP contribution in [0.2, 0.25) is 0 Å². The summed E-state index contributed by atoms with van der Waals surface area (Å²) < 4.78 is 17.9. The number of hydrogen-bond donors (Lipinski definition) is 1. The van der Waals surface area contributed by atoms with Crippen LogP contribution in [0.15, 0.2) is 85.3 Å². The Morgan fingerprint density at radius 2 is 1.70 bits per heavy atom. The van der Waals surface area contributed by atoms with Crippen molar-refractivity contribution in [1.82, 2.24) is 39.3 Å². The SMILES string of the molecule is O=C1CCC(n2cnc3c(CCCCN4CCN(c5cccc(-c6cnc7ccc(N8CCCC8c8cccc(F)c8)nn67)n5)CC4)cccc32)C(=O)N1. The summed E-state index contributed by atoms with van der Waals surface area (Å²) in [5.74, 6) is 1.12. The standard InChI is InChI=1S/C41H43FN10O2/c42-30-10-3-9-29(25-30)32-13-6-20-50(32)38-17-16-36-43-26-35(52(36)47-38)31-11-5-14-37(45-31)49-23-21-48(22-24-49)19-2-1-7-28-8-4-12-33-40(28)44-27-51(33)34-15-18-39(53)46-41(34)54/h3-5,8-12,14,16-17,25-27,32,34H,1-2,6-7,13,15,18-24H2,(H,46,53,54). The van der Waals surface area contributed by atoms with Gasteiger partial charge in [0.25, 0.3) is 0 Å². The van der Waals surface area contributed by atoms with Crippen molar-refractivity contribution in [3.63, 3.8) is 0 Å². The molecule has 13 heteroatoms. The molecule has 4 aromatic heterocycles. The Balaban J connectivity index is 0.809. The van der Waals surface area contributed by atoms with E-state index >= 15 is 0 Å². The van der Waals surface area contributed by atoms with E-state index in [2.05, 4.69) is 48.2 Å². The quantitative estimate of drug-likeness (QED) is 0.139. The van der Waals surface area contributed by atoms with Gasteiger partial charge < -0.3 is 14.4 Å². The zero-order chi connectivity index (χ0) is 36.6. The molecular weight excluding hydrogens is 684 g/mol. The molecular formula is C41H43FN10O2. The number of nitrogens with zero attached hydrogens (tertiary/aromatic N) is 9. The molecule has 3 saturated heterocycles. The van der Waals surface area contributed by atoms with Crippen LogP contribution in [0.25, 0.3) is 28.1 Å². The first-order chi connectivity index (χ1) is 26.5. The number of fused-ring (bicyclic) bond motifs is 2. The van der Waals surface area contributed by atoms with E-state index in [4.69, 9.17) is 10.1 Å². The number of amides is 2. The Kier molecular flexibility index (Phi) is 9.23. The first-order valence-electron chi connectivity index (χ1n) is 19.1. The summed E-state index contributed by atoms with van der Waals surface area (Å²) in [7, 11) is 0. The minimum absolute atomic E-state index is 0.0805. The number of aryl methyl sites for hydroxylation is 1. The zero-order valence-corrected chi connectivity index (χ0v) is 30.1. The second-order valence-electron chi connectivity index (χ2n) is 14.6. The lowest BCUT2D eigenvalue weighted by Gasteiger charge is -2.35. The number of para-hydroxylation sites is 1. The van der Waals surface area contributed by atoms with Gasteiger partial charge in [0.1, 0.15) is 29.2 Å². The van der Waals surface area contributed by atoms with Crippen molar-refractivity contribution < 1.29 is 14.0 Å². The van der Waals surface area contributed by atoms with Crippen LogP contribution >= 0.6 is 0 Å². The van der Waals surface area contributed by atoms with Crippen LogP contribution in [-0.4, -0.2) is 85.1 Å². The summed E-state index contributed by atoms with van der Waals surface area (Å²) in [5.41, 5.74) is 6.47. The highest BCUT2D eigenvalue weighted by atomic mass is 19.1. The Morgan fingerprint density at radius 3 is 2.57 bits per heavy atom. The second-order valence-corrected chi connectivity index (χ2v) is 14.6. The van der Waals surface area contributed by atoms with Crippen LogP contribution in [-0.2, 0) is 16.0 Å². The Labute approximate surface area is 312 Å². The zero-order valence-electron chi connectivity index (χ0n) is 30.1.